The van der Waals surface area contributed by atoms with Gasteiger partial charge in [0.05, 0.1) is 25.3 Å². The van der Waals surface area contributed by atoms with Crippen molar-refractivity contribution in [3.8, 4) is 28.8 Å². The fourth-order valence-electron chi connectivity index (χ4n) is 4.63. The number of methoxy groups -OCH3 is 2. The van der Waals surface area contributed by atoms with Crippen molar-refractivity contribution in [1.82, 2.24) is 14.5 Å². The van der Waals surface area contributed by atoms with Crippen LogP contribution in [0.25, 0.3) is 16.7 Å². The van der Waals surface area contributed by atoms with E-state index in [4.69, 9.17) is 14.2 Å². The van der Waals surface area contributed by atoms with Crippen molar-refractivity contribution in [3.05, 3.63) is 111 Å². The van der Waals surface area contributed by atoms with Gasteiger partial charge in [0.15, 0.2) is 23.1 Å². The summed E-state index contributed by atoms with van der Waals surface area (Å²) in [7, 11) is 3.00. The lowest BCUT2D eigenvalue weighted by Crippen LogP contribution is -2.29. The van der Waals surface area contributed by atoms with Crippen LogP contribution in [0.1, 0.15) is 38.9 Å². The van der Waals surface area contributed by atoms with Crippen LogP contribution in [0.5, 0.6) is 23.1 Å². The average Bonchev–Trinajstić information content (AvgIpc) is 2.98. The molecule has 0 bridgehead atoms. The zero-order valence-electron chi connectivity index (χ0n) is 23.3. The van der Waals surface area contributed by atoms with E-state index in [2.05, 4.69) is 9.97 Å². The first-order chi connectivity index (χ1) is 20.2. The molecule has 5 rings (SSSR count). The van der Waals surface area contributed by atoms with Crippen LogP contribution in [0.4, 0.5) is 4.39 Å². The first-order valence-electron chi connectivity index (χ1n) is 12.9. The predicted molar refractivity (Wildman–Crippen MR) is 154 cm³/mol. The summed E-state index contributed by atoms with van der Waals surface area (Å²) in [6.07, 6.45) is 1.50. The SMILES string of the molecule is COc1cc2nccc(Oc3ccc(CC(=O)c4cc(C(C)=O)c(C)n(-c5ccc(F)cc5)c4=O)cc3)c2nc1OC. The van der Waals surface area contributed by atoms with Gasteiger partial charge in [-0.15, -0.1) is 0 Å². The summed E-state index contributed by atoms with van der Waals surface area (Å²) >= 11 is 0. The molecule has 0 aliphatic carbocycles. The molecule has 0 fully saturated rings. The number of hydrogen-bond donors (Lipinski definition) is 0. The van der Waals surface area contributed by atoms with Gasteiger partial charge in [0.2, 0.25) is 0 Å². The maximum Gasteiger partial charge on any atom is 0.266 e. The number of nitrogens with zero attached hydrogens (tertiary/aromatic N) is 3. The summed E-state index contributed by atoms with van der Waals surface area (Å²) < 4.78 is 31.4. The van der Waals surface area contributed by atoms with Crippen LogP contribution in [-0.2, 0) is 6.42 Å². The lowest BCUT2D eigenvalue weighted by molar-refractivity contribution is 0.0991. The molecule has 0 amide bonds. The summed E-state index contributed by atoms with van der Waals surface area (Å²) in [6, 6.07) is 16.8. The summed E-state index contributed by atoms with van der Waals surface area (Å²) in [5, 5.41) is 0. The average molecular weight is 568 g/mol. The van der Waals surface area contributed by atoms with Gasteiger partial charge >= 0.3 is 0 Å². The van der Waals surface area contributed by atoms with Gasteiger partial charge in [0, 0.05) is 41.7 Å². The Morgan fingerprint density at radius 3 is 2.26 bits per heavy atom. The molecule has 0 unspecified atom stereocenters. The van der Waals surface area contributed by atoms with E-state index in [0.717, 1.165) is 0 Å². The molecule has 3 heterocycles. The Morgan fingerprint density at radius 1 is 0.905 bits per heavy atom. The standard InChI is InChI=1S/C32H26FN3O6/c1-18-24(19(2)37)16-25(32(39)36(18)22-9-7-21(33)8-10-22)27(38)15-20-5-11-23(12-6-20)42-28-13-14-34-26-17-29(40-3)31(41-4)35-30(26)28/h5-14,16-17H,15H2,1-4H3. The molecular formula is C32H26FN3O6. The van der Waals surface area contributed by atoms with Crippen molar-refractivity contribution in [3.63, 3.8) is 0 Å². The van der Waals surface area contributed by atoms with Crippen molar-refractivity contribution in [2.24, 2.45) is 0 Å². The number of ketones is 2. The molecule has 0 aliphatic rings. The molecule has 3 aromatic heterocycles. The van der Waals surface area contributed by atoms with Crippen molar-refractivity contribution in [2.75, 3.05) is 14.2 Å². The Bertz CT molecular complexity index is 1880. The fraction of sp³-hybridized carbons (Fsp3) is 0.156. The molecule has 9 nitrogen and oxygen atoms in total. The highest BCUT2D eigenvalue weighted by Crippen LogP contribution is 2.34. The highest BCUT2D eigenvalue weighted by molar-refractivity contribution is 6.01. The Balaban J connectivity index is 1.42. The summed E-state index contributed by atoms with van der Waals surface area (Å²) in [5.74, 6) is 0.441. The minimum Gasteiger partial charge on any atom is -0.491 e. The van der Waals surface area contributed by atoms with E-state index in [1.54, 1.807) is 49.5 Å². The topological polar surface area (TPSA) is 110 Å². The number of Topliss-reactive ketones (excluding diaryl/α,β-unsaturated/α-hetero) is 2. The van der Waals surface area contributed by atoms with Gasteiger partial charge in [-0.2, -0.15) is 0 Å². The number of halogens is 1. The number of carbonyl (C=O) groups is 2. The van der Waals surface area contributed by atoms with Crippen molar-refractivity contribution < 1.29 is 28.2 Å². The third-order valence-corrected chi connectivity index (χ3v) is 6.75. The van der Waals surface area contributed by atoms with E-state index < -0.39 is 17.2 Å². The van der Waals surface area contributed by atoms with E-state index in [-0.39, 0.29) is 23.3 Å². The van der Waals surface area contributed by atoms with E-state index in [1.807, 2.05) is 0 Å². The van der Waals surface area contributed by atoms with Gasteiger partial charge in [-0.3, -0.25) is 23.9 Å². The fourth-order valence-corrected chi connectivity index (χ4v) is 4.63. The molecule has 10 heteroatoms. The zero-order valence-corrected chi connectivity index (χ0v) is 23.3. The molecule has 42 heavy (non-hydrogen) atoms. The lowest BCUT2D eigenvalue weighted by atomic mass is 10.00. The Kier molecular flexibility index (Phi) is 7.79. The van der Waals surface area contributed by atoms with Crippen molar-refractivity contribution in [2.45, 2.75) is 20.3 Å². The molecule has 0 N–H and O–H groups in total. The summed E-state index contributed by atoms with van der Waals surface area (Å²) in [4.78, 5) is 47.9. The second-order valence-electron chi connectivity index (χ2n) is 9.45. The van der Waals surface area contributed by atoms with Gasteiger partial charge in [0.25, 0.3) is 11.4 Å². The lowest BCUT2D eigenvalue weighted by Gasteiger charge is -2.15. The number of pyridine rings is 3. The molecule has 0 atom stereocenters. The van der Waals surface area contributed by atoms with Crippen LogP contribution in [-0.4, -0.2) is 40.3 Å². The van der Waals surface area contributed by atoms with Crippen LogP contribution in [0.2, 0.25) is 0 Å². The van der Waals surface area contributed by atoms with Gasteiger partial charge in [0.1, 0.15) is 17.1 Å². The maximum absolute atomic E-state index is 13.5. The Hall–Kier alpha value is -5.38. The Labute approximate surface area is 240 Å². The number of ether oxygens (including phenoxy) is 3. The van der Waals surface area contributed by atoms with Crippen molar-refractivity contribution >= 4 is 22.6 Å². The second kappa shape index (κ2) is 11.6. The molecule has 0 saturated heterocycles. The van der Waals surface area contributed by atoms with E-state index in [0.29, 0.717) is 51.1 Å². The smallest absolute Gasteiger partial charge is 0.266 e. The molecule has 0 radical (unpaired) electrons. The third-order valence-electron chi connectivity index (χ3n) is 6.75. The van der Waals surface area contributed by atoms with Crippen LogP contribution in [0, 0.1) is 12.7 Å². The minimum atomic E-state index is -0.585. The minimum absolute atomic E-state index is 0.0872. The van der Waals surface area contributed by atoms with E-state index >= 15 is 0 Å². The summed E-state index contributed by atoms with van der Waals surface area (Å²) in [6.45, 7) is 2.98. The Morgan fingerprint density at radius 2 is 1.62 bits per heavy atom. The highest BCUT2D eigenvalue weighted by atomic mass is 19.1. The summed E-state index contributed by atoms with van der Waals surface area (Å²) in [5.41, 5.74) is 1.91. The predicted octanol–water partition coefficient (Wildman–Crippen LogP) is 5.67. The molecule has 2 aromatic carbocycles. The molecule has 0 spiro atoms. The van der Waals surface area contributed by atoms with Crippen LogP contribution in [0.15, 0.2) is 77.7 Å². The normalized spacial score (nSPS) is 10.9. The zero-order chi connectivity index (χ0) is 30.0. The monoisotopic (exact) mass is 567 g/mol. The number of hydrogen-bond acceptors (Lipinski definition) is 8. The number of fused-ring (bicyclic) bond motifs is 1. The third kappa shape index (κ3) is 5.46. The quantitative estimate of drug-likeness (QED) is 0.210. The molecule has 0 saturated carbocycles. The van der Waals surface area contributed by atoms with Gasteiger partial charge in [-0.1, -0.05) is 12.1 Å². The first kappa shape index (κ1) is 28.2. The number of benzene rings is 2. The number of carbonyl (C=O) groups excluding carboxylic acids is 2. The largest absolute Gasteiger partial charge is 0.491 e. The van der Waals surface area contributed by atoms with Gasteiger partial charge in [-0.05, 0) is 61.9 Å². The van der Waals surface area contributed by atoms with E-state index in [9.17, 15) is 18.8 Å². The molecule has 212 valence electrons. The number of aromatic nitrogens is 3. The van der Waals surface area contributed by atoms with E-state index in [1.165, 1.54) is 56.0 Å². The van der Waals surface area contributed by atoms with Gasteiger partial charge < -0.3 is 14.2 Å². The van der Waals surface area contributed by atoms with Crippen LogP contribution >= 0.6 is 0 Å². The van der Waals surface area contributed by atoms with Crippen molar-refractivity contribution in [1.29, 1.82) is 0 Å². The molecular weight excluding hydrogens is 541 g/mol. The second-order valence-corrected chi connectivity index (χ2v) is 9.45. The number of rotatable bonds is 9. The molecule has 0 aliphatic heterocycles. The van der Waals surface area contributed by atoms with Gasteiger partial charge in [-0.25, -0.2) is 9.37 Å². The maximum atomic E-state index is 13.5. The molecule has 5 aromatic rings. The highest BCUT2D eigenvalue weighted by Gasteiger charge is 2.21. The van der Waals surface area contributed by atoms with Crippen LogP contribution < -0.4 is 19.8 Å². The van der Waals surface area contributed by atoms with Crippen LogP contribution in [0.3, 0.4) is 0 Å². The first-order valence-corrected chi connectivity index (χ1v) is 12.9.